The molecule has 0 heterocycles. The van der Waals surface area contributed by atoms with Crippen molar-refractivity contribution in [3.05, 3.63) is 29.3 Å². The number of ether oxygens (including phenoxy) is 1. The van der Waals surface area contributed by atoms with Crippen LogP contribution in [0.25, 0.3) is 6.08 Å². The molecule has 0 spiro atoms. The van der Waals surface area contributed by atoms with E-state index in [0.717, 1.165) is 11.1 Å². The normalized spacial score (nSPS) is 10.7. The fourth-order valence-corrected chi connectivity index (χ4v) is 1.46. The Bertz CT molecular complexity index is 416. The van der Waals surface area contributed by atoms with Gasteiger partial charge in [-0.25, -0.2) is 0 Å². The Morgan fingerprint density at radius 1 is 1.41 bits per heavy atom. The molecule has 0 aliphatic rings. The zero-order chi connectivity index (χ0) is 12.8. The Kier molecular flexibility index (Phi) is 4.57. The zero-order valence-electron chi connectivity index (χ0n) is 10.2. The summed E-state index contributed by atoms with van der Waals surface area (Å²) in [6.45, 7) is 4.08. The highest BCUT2D eigenvalue weighted by molar-refractivity contribution is 5.75. The average Bonchev–Trinajstić information content (AvgIpc) is 2.26. The molecule has 1 aromatic carbocycles. The monoisotopic (exact) mass is 234 g/mol. The Morgan fingerprint density at radius 2 is 2.12 bits per heavy atom. The fourth-order valence-electron chi connectivity index (χ4n) is 1.46. The maximum Gasteiger partial charge on any atom is 0.309 e. The van der Waals surface area contributed by atoms with Gasteiger partial charge >= 0.3 is 5.97 Å². The van der Waals surface area contributed by atoms with Crippen molar-refractivity contribution in [2.45, 2.75) is 20.3 Å². The molecule has 0 aromatic heterocycles. The van der Waals surface area contributed by atoms with E-state index in [1.54, 1.807) is 19.1 Å². The van der Waals surface area contributed by atoms with Crippen LogP contribution in [0.5, 0.6) is 0 Å². The molecule has 0 unspecified atom stereocenters. The third kappa shape index (κ3) is 3.83. The van der Waals surface area contributed by atoms with Gasteiger partial charge in [-0.2, -0.15) is 0 Å². The molecular formula is C13H18N2O2. The largest absolute Gasteiger partial charge is 0.466 e. The molecule has 17 heavy (non-hydrogen) atoms. The first kappa shape index (κ1) is 13.1. The minimum atomic E-state index is -0.233. The van der Waals surface area contributed by atoms with E-state index in [-0.39, 0.29) is 12.4 Å². The minimum Gasteiger partial charge on any atom is -0.466 e. The first-order valence-electron chi connectivity index (χ1n) is 5.52. The standard InChI is InChI=1S/C13H18N2O2/c1-3-17-12(16)6-4-5-10-7-9(2)13(15)11(14)8-10/h4-5,7-8H,3,6,14-15H2,1-2H3. The van der Waals surface area contributed by atoms with Gasteiger partial charge in [-0.05, 0) is 37.1 Å². The van der Waals surface area contributed by atoms with Crippen molar-refractivity contribution in [1.29, 1.82) is 0 Å². The van der Waals surface area contributed by atoms with E-state index in [9.17, 15) is 4.79 Å². The maximum atomic E-state index is 11.1. The molecule has 4 nitrogen and oxygen atoms in total. The van der Waals surface area contributed by atoms with Gasteiger partial charge in [0.1, 0.15) is 0 Å². The van der Waals surface area contributed by atoms with E-state index in [4.69, 9.17) is 16.2 Å². The smallest absolute Gasteiger partial charge is 0.309 e. The van der Waals surface area contributed by atoms with E-state index >= 15 is 0 Å². The lowest BCUT2D eigenvalue weighted by Crippen LogP contribution is -2.01. The van der Waals surface area contributed by atoms with Crippen LogP contribution in [0.15, 0.2) is 18.2 Å². The molecule has 0 amide bonds. The molecule has 4 heteroatoms. The number of carbonyl (C=O) groups excluding carboxylic acids is 1. The average molecular weight is 234 g/mol. The molecule has 0 atom stereocenters. The second-order valence-corrected chi connectivity index (χ2v) is 3.75. The quantitative estimate of drug-likeness (QED) is 0.618. The van der Waals surface area contributed by atoms with E-state index in [2.05, 4.69) is 0 Å². The van der Waals surface area contributed by atoms with Crippen LogP contribution in [0, 0.1) is 6.92 Å². The van der Waals surface area contributed by atoms with Gasteiger partial charge in [0.2, 0.25) is 0 Å². The number of esters is 1. The highest BCUT2D eigenvalue weighted by Gasteiger charge is 2.01. The van der Waals surface area contributed by atoms with Gasteiger partial charge in [0.15, 0.2) is 0 Å². The summed E-state index contributed by atoms with van der Waals surface area (Å²) >= 11 is 0. The number of nitrogens with two attached hydrogens (primary N) is 2. The van der Waals surface area contributed by atoms with E-state index < -0.39 is 0 Å². The third-order valence-electron chi connectivity index (χ3n) is 2.34. The predicted molar refractivity (Wildman–Crippen MR) is 70.3 cm³/mol. The highest BCUT2D eigenvalue weighted by atomic mass is 16.5. The fraction of sp³-hybridized carbons (Fsp3) is 0.308. The van der Waals surface area contributed by atoms with Crippen molar-refractivity contribution in [1.82, 2.24) is 0 Å². The van der Waals surface area contributed by atoms with Crippen molar-refractivity contribution >= 4 is 23.4 Å². The Morgan fingerprint density at radius 3 is 2.71 bits per heavy atom. The summed E-state index contributed by atoms with van der Waals surface area (Å²) in [6, 6.07) is 3.71. The van der Waals surface area contributed by atoms with Gasteiger partial charge in [-0.1, -0.05) is 12.2 Å². The third-order valence-corrected chi connectivity index (χ3v) is 2.34. The second kappa shape index (κ2) is 5.94. The van der Waals surface area contributed by atoms with E-state index in [1.807, 2.05) is 19.1 Å². The van der Waals surface area contributed by atoms with E-state index in [0.29, 0.717) is 18.0 Å². The topological polar surface area (TPSA) is 78.3 Å². The summed E-state index contributed by atoms with van der Waals surface area (Å²) in [5.41, 5.74) is 14.5. The predicted octanol–water partition coefficient (Wildman–Crippen LogP) is 2.13. The van der Waals surface area contributed by atoms with Crippen LogP contribution < -0.4 is 11.5 Å². The number of carbonyl (C=O) groups is 1. The van der Waals surface area contributed by atoms with Gasteiger partial charge in [0.25, 0.3) is 0 Å². The molecule has 92 valence electrons. The molecular weight excluding hydrogens is 216 g/mol. The Hall–Kier alpha value is -1.97. The van der Waals surface area contributed by atoms with Crippen LogP contribution in [-0.4, -0.2) is 12.6 Å². The maximum absolute atomic E-state index is 11.1. The zero-order valence-corrected chi connectivity index (χ0v) is 10.2. The van der Waals surface area contributed by atoms with Crippen LogP contribution in [0.2, 0.25) is 0 Å². The molecule has 0 saturated heterocycles. The SMILES string of the molecule is CCOC(=O)CC=Cc1cc(C)c(N)c(N)c1. The molecule has 1 aromatic rings. The van der Waals surface area contributed by atoms with Gasteiger partial charge in [-0.15, -0.1) is 0 Å². The van der Waals surface area contributed by atoms with Gasteiger partial charge in [-0.3, -0.25) is 4.79 Å². The Labute approximate surface area is 101 Å². The van der Waals surface area contributed by atoms with Crippen molar-refractivity contribution < 1.29 is 9.53 Å². The number of hydrogen-bond acceptors (Lipinski definition) is 4. The molecule has 0 saturated carbocycles. The molecule has 0 fully saturated rings. The van der Waals surface area contributed by atoms with Crippen LogP contribution in [0.1, 0.15) is 24.5 Å². The molecule has 1 rings (SSSR count). The molecule has 0 bridgehead atoms. The first-order chi connectivity index (χ1) is 8.04. The summed E-state index contributed by atoms with van der Waals surface area (Å²) in [7, 11) is 0. The summed E-state index contributed by atoms with van der Waals surface area (Å²) in [5, 5.41) is 0. The summed E-state index contributed by atoms with van der Waals surface area (Å²) in [4.78, 5) is 11.1. The summed E-state index contributed by atoms with van der Waals surface area (Å²) < 4.78 is 4.81. The lowest BCUT2D eigenvalue weighted by Gasteiger charge is -2.05. The highest BCUT2D eigenvalue weighted by Crippen LogP contribution is 2.22. The van der Waals surface area contributed by atoms with Crippen molar-refractivity contribution in [3.63, 3.8) is 0 Å². The van der Waals surface area contributed by atoms with Crippen molar-refractivity contribution in [3.8, 4) is 0 Å². The summed E-state index contributed by atoms with van der Waals surface area (Å²) in [6.07, 6.45) is 3.85. The van der Waals surface area contributed by atoms with Crippen molar-refractivity contribution in [2.75, 3.05) is 18.1 Å². The lowest BCUT2D eigenvalue weighted by atomic mass is 10.1. The molecule has 0 aliphatic heterocycles. The van der Waals surface area contributed by atoms with Crippen molar-refractivity contribution in [2.24, 2.45) is 0 Å². The second-order valence-electron chi connectivity index (χ2n) is 3.75. The Balaban J connectivity index is 2.69. The lowest BCUT2D eigenvalue weighted by molar-refractivity contribution is -0.142. The molecule has 4 N–H and O–H groups in total. The number of nitrogen functional groups attached to an aromatic ring is 2. The number of rotatable bonds is 4. The number of hydrogen-bond donors (Lipinski definition) is 2. The van der Waals surface area contributed by atoms with Crippen LogP contribution in [0.3, 0.4) is 0 Å². The van der Waals surface area contributed by atoms with Gasteiger partial charge in [0.05, 0.1) is 24.4 Å². The van der Waals surface area contributed by atoms with Gasteiger partial charge in [0, 0.05) is 0 Å². The first-order valence-corrected chi connectivity index (χ1v) is 5.52. The van der Waals surface area contributed by atoms with Crippen LogP contribution in [0.4, 0.5) is 11.4 Å². The minimum absolute atomic E-state index is 0.233. The van der Waals surface area contributed by atoms with Gasteiger partial charge < -0.3 is 16.2 Å². The molecule has 0 radical (unpaired) electrons. The van der Waals surface area contributed by atoms with E-state index in [1.165, 1.54) is 0 Å². The number of benzene rings is 1. The summed E-state index contributed by atoms with van der Waals surface area (Å²) in [5.74, 6) is -0.233. The molecule has 0 aliphatic carbocycles. The number of anilines is 2. The van der Waals surface area contributed by atoms with Crippen LogP contribution in [-0.2, 0) is 9.53 Å². The number of aryl methyl sites for hydroxylation is 1. The van der Waals surface area contributed by atoms with Crippen LogP contribution >= 0.6 is 0 Å².